The first kappa shape index (κ1) is 8.61. The second-order valence-corrected chi connectivity index (χ2v) is 2.68. The molecule has 0 unspecified atom stereocenters. The van der Waals surface area contributed by atoms with Crippen molar-refractivity contribution in [3.05, 3.63) is 40.3 Å². The Labute approximate surface area is 76.6 Å². The fourth-order valence-electron chi connectivity index (χ4n) is 1.10. The van der Waals surface area contributed by atoms with Crippen molar-refractivity contribution in [2.45, 2.75) is 0 Å². The largest absolute Gasteiger partial charge is 0.340 e. The predicted molar refractivity (Wildman–Crippen MR) is 44.6 cm³/mol. The highest BCUT2D eigenvalue weighted by molar-refractivity contribution is 5.54. The van der Waals surface area contributed by atoms with Gasteiger partial charge < -0.3 is 0 Å². The number of H-pyrrole nitrogens is 2. The topological polar surface area (TPSA) is 61.5 Å². The Hall–Kier alpha value is -1.98. The van der Waals surface area contributed by atoms with Crippen LogP contribution in [0.25, 0.3) is 11.4 Å². The van der Waals surface area contributed by atoms with Crippen LogP contribution >= 0.6 is 0 Å². The number of hydrogen-bond acceptors (Lipinski definition) is 2. The average Bonchev–Trinajstić information content (AvgIpc) is 2.50. The maximum Gasteiger partial charge on any atom is 0.340 e. The summed E-state index contributed by atoms with van der Waals surface area (Å²) in [5.74, 6) is -1.33. The van der Waals surface area contributed by atoms with Crippen LogP contribution in [0.3, 0.4) is 0 Å². The van der Waals surface area contributed by atoms with Gasteiger partial charge in [0.1, 0.15) is 11.6 Å². The number of aromatic nitrogens is 3. The molecule has 1 aromatic carbocycles. The van der Waals surface area contributed by atoms with Gasteiger partial charge in [-0.3, -0.25) is 4.98 Å². The summed E-state index contributed by atoms with van der Waals surface area (Å²) in [7, 11) is 0. The maximum absolute atomic E-state index is 12.8. The second-order valence-electron chi connectivity index (χ2n) is 2.68. The van der Waals surface area contributed by atoms with Crippen LogP contribution in [0.1, 0.15) is 0 Å². The molecule has 0 bridgehead atoms. The van der Waals surface area contributed by atoms with E-state index in [2.05, 4.69) is 15.2 Å². The molecular formula is C8H5F2N3O. The first-order valence-corrected chi connectivity index (χ1v) is 3.76. The Bertz CT molecular complexity index is 497. The molecule has 0 aliphatic heterocycles. The zero-order valence-corrected chi connectivity index (χ0v) is 6.84. The molecule has 4 nitrogen and oxygen atoms in total. The van der Waals surface area contributed by atoms with Gasteiger partial charge in [-0.2, -0.15) is 5.10 Å². The average molecular weight is 197 g/mol. The first-order valence-electron chi connectivity index (χ1n) is 3.76. The molecule has 0 saturated carbocycles. The lowest BCUT2D eigenvalue weighted by atomic mass is 10.2. The minimum absolute atomic E-state index is 0.105. The van der Waals surface area contributed by atoms with Gasteiger partial charge in [-0.15, -0.1) is 0 Å². The zero-order valence-electron chi connectivity index (χ0n) is 6.84. The van der Waals surface area contributed by atoms with Crippen molar-refractivity contribution >= 4 is 0 Å². The molecule has 2 N–H and O–H groups in total. The van der Waals surface area contributed by atoms with Crippen LogP contribution in [-0.4, -0.2) is 15.2 Å². The standard InChI is InChI=1S/C8H5F2N3O/c9-5-1-4(2-6(10)3-5)7-11-8(14)13-12-7/h1-3H,(H2,11,12,13,14). The highest BCUT2D eigenvalue weighted by atomic mass is 19.1. The fourth-order valence-corrected chi connectivity index (χ4v) is 1.10. The Morgan fingerprint density at radius 1 is 1.14 bits per heavy atom. The molecule has 6 heteroatoms. The molecule has 0 aliphatic rings. The van der Waals surface area contributed by atoms with Gasteiger partial charge in [-0.05, 0) is 12.1 Å². The third-order valence-corrected chi connectivity index (χ3v) is 1.64. The Kier molecular flexibility index (Phi) is 1.88. The summed E-state index contributed by atoms with van der Waals surface area (Å²) in [4.78, 5) is 13.0. The van der Waals surface area contributed by atoms with E-state index < -0.39 is 17.3 Å². The molecule has 2 aromatic rings. The van der Waals surface area contributed by atoms with Gasteiger partial charge in [-0.1, -0.05) is 0 Å². The second kappa shape index (κ2) is 3.06. The van der Waals surface area contributed by atoms with Gasteiger partial charge in [0.2, 0.25) is 0 Å². The van der Waals surface area contributed by atoms with Gasteiger partial charge in [-0.25, -0.2) is 18.7 Å². The molecule has 0 aliphatic carbocycles. The summed E-state index contributed by atoms with van der Waals surface area (Å²) in [6.45, 7) is 0. The zero-order chi connectivity index (χ0) is 10.1. The number of benzene rings is 1. The van der Waals surface area contributed by atoms with Gasteiger partial charge >= 0.3 is 5.69 Å². The number of rotatable bonds is 1. The van der Waals surface area contributed by atoms with Gasteiger partial charge in [0.15, 0.2) is 5.82 Å². The molecule has 0 saturated heterocycles. The Morgan fingerprint density at radius 2 is 1.79 bits per heavy atom. The highest BCUT2D eigenvalue weighted by Crippen LogP contribution is 2.15. The molecule has 1 heterocycles. The van der Waals surface area contributed by atoms with Crippen molar-refractivity contribution in [3.63, 3.8) is 0 Å². The van der Waals surface area contributed by atoms with Crippen LogP contribution in [0.15, 0.2) is 23.0 Å². The Balaban J connectivity index is 2.56. The third-order valence-electron chi connectivity index (χ3n) is 1.64. The van der Waals surface area contributed by atoms with Crippen molar-refractivity contribution in [2.24, 2.45) is 0 Å². The number of nitrogens with zero attached hydrogens (tertiary/aromatic N) is 1. The summed E-state index contributed by atoms with van der Waals surface area (Å²) in [5.41, 5.74) is -0.342. The predicted octanol–water partition coefficient (Wildman–Crippen LogP) is 1.04. The number of halogens is 2. The van der Waals surface area contributed by atoms with E-state index >= 15 is 0 Å². The molecule has 0 fully saturated rings. The lowest BCUT2D eigenvalue weighted by Crippen LogP contribution is -2.00. The van der Waals surface area contributed by atoms with E-state index in [-0.39, 0.29) is 11.4 Å². The van der Waals surface area contributed by atoms with E-state index in [0.29, 0.717) is 0 Å². The van der Waals surface area contributed by atoms with Crippen molar-refractivity contribution in [2.75, 3.05) is 0 Å². The normalized spacial score (nSPS) is 10.4. The Morgan fingerprint density at radius 3 is 2.29 bits per heavy atom. The first-order chi connectivity index (χ1) is 6.65. The van der Waals surface area contributed by atoms with E-state index in [0.717, 1.165) is 18.2 Å². The van der Waals surface area contributed by atoms with Crippen LogP contribution in [0, 0.1) is 11.6 Å². The van der Waals surface area contributed by atoms with Crippen LogP contribution in [0.2, 0.25) is 0 Å². The van der Waals surface area contributed by atoms with Crippen molar-refractivity contribution in [3.8, 4) is 11.4 Å². The summed E-state index contributed by atoms with van der Waals surface area (Å²) in [6, 6.07) is 2.90. The summed E-state index contributed by atoms with van der Waals surface area (Å²) in [5, 5.41) is 5.64. The summed E-state index contributed by atoms with van der Waals surface area (Å²) < 4.78 is 25.5. The smallest absolute Gasteiger partial charge is 0.289 e. The molecular weight excluding hydrogens is 192 g/mol. The van der Waals surface area contributed by atoms with Crippen molar-refractivity contribution < 1.29 is 8.78 Å². The minimum atomic E-state index is -0.719. The summed E-state index contributed by atoms with van der Waals surface area (Å²) in [6.07, 6.45) is 0. The third kappa shape index (κ3) is 1.54. The van der Waals surface area contributed by atoms with Crippen molar-refractivity contribution in [1.29, 1.82) is 0 Å². The number of nitrogens with one attached hydrogen (secondary N) is 2. The highest BCUT2D eigenvalue weighted by Gasteiger charge is 2.05. The van der Waals surface area contributed by atoms with Crippen LogP contribution < -0.4 is 5.69 Å². The fraction of sp³-hybridized carbons (Fsp3) is 0. The maximum atomic E-state index is 12.8. The van der Waals surface area contributed by atoms with E-state index in [9.17, 15) is 13.6 Å². The van der Waals surface area contributed by atoms with Gasteiger partial charge in [0.25, 0.3) is 0 Å². The monoisotopic (exact) mass is 197 g/mol. The molecule has 14 heavy (non-hydrogen) atoms. The summed E-state index contributed by atoms with van der Waals surface area (Å²) >= 11 is 0. The lowest BCUT2D eigenvalue weighted by Gasteiger charge is -1.96. The van der Waals surface area contributed by atoms with Gasteiger partial charge in [0.05, 0.1) is 0 Å². The van der Waals surface area contributed by atoms with E-state index in [1.807, 2.05) is 0 Å². The molecule has 0 atom stereocenters. The van der Waals surface area contributed by atoms with Crippen LogP contribution in [0.4, 0.5) is 8.78 Å². The minimum Gasteiger partial charge on any atom is -0.289 e. The molecule has 2 rings (SSSR count). The van der Waals surface area contributed by atoms with Crippen molar-refractivity contribution in [1.82, 2.24) is 15.2 Å². The van der Waals surface area contributed by atoms with E-state index in [1.54, 1.807) is 0 Å². The molecule has 0 radical (unpaired) electrons. The quantitative estimate of drug-likeness (QED) is 0.717. The molecule has 0 amide bonds. The SMILES string of the molecule is O=c1[nH]nc(-c2cc(F)cc(F)c2)[nH]1. The van der Waals surface area contributed by atoms with E-state index in [1.165, 1.54) is 0 Å². The lowest BCUT2D eigenvalue weighted by molar-refractivity contribution is 0.584. The van der Waals surface area contributed by atoms with Crippen LogP contribution in [-0.2, 0) is 0 Å². The van der Waals surface area contributed by atoms with Crippen LogP contribution in [0.5, 0.6) is 0 Å². The number of aromatic amines is 2. The van der Waals surface area contributed by atoms with Gasteiger partial charge in [0, 0.05) is 11.6 Å². The number of hydrogen-bond donors (Lipinski definition) is 2. The molecule has 0 spiro atoms. The van der Waals surface area contributed by atoms with E-state index in [4.69, 9.17) is 0 Å². The molecule has 72 valence electrons. The molecule has 1 aromatic heterocycles.